The van der Waals surface area contributed by atoms with E-state index < -0.39 is 0 Å². The van der Waals surface area contributed by atoms with E-state index in [1.807, 2.05) is 11.3 Å². The molecule has 0 spiro atoms. The van der Waals surface area contributed by atoms with Crippen LogP contribution in [0.15, 0.2) is 212 Å². The Morgan fingerprint density at radius 1 is 0.293 bits per heavy atom. The van der Waals surface area contributed by atoms with Gasteiger partial charge in [0, 0.05) is 37.2 Å². The van der Waals surface area contributed by atoms with Gasteiger partial charge in [0.15, 0.2) is 0 Å². The Hall–Kier alpha value is -7.26. The zero-order valence-electron chi connectivity index (χ0n) is 31.6. The number of para-hydroxylation sites is 1. The number of anilines is 3. The molecule has 1 heterocycles. The molecular weight excluding hydrogens is 719 g/mol. The molecule has 0 bridgehead atoms. The first kappa shape index (κ1) is 32.9. The van der Waals surface area contributed by atoms with Crippen molar-refractivity contribution in [3.63, 3.8) is 0 Å². The molecule has 0 amide bonds. The second kappa shape index (κ2) is 13.2. The van der Waals surface area contributed by atoms with Gasteiger partial charge >= 0.3 is 0 Å². The average Bonchev–Trinajstić information content (AvgIpc) is 3.68. The Morgan fingerprint density at radius 2 is 0.879 bits per heavy atom. The number of thiophene rings is 1. The molecular formula is C56H35NS. The topological polar surface area (TPSA) is 3.24 Å². The molecule has 12 aromatic rings. The van der Waals surface area contributed by atoms with E-state index in [2.05, 4.69) is 217 Å². The fourth-order valence-electron chi connectivity index (χ4n) is 9.15. The van der Waals surface area contributed by atoms with Gasteiger partial charge in [-0.15, -0.1) is 11.3 Å². The lowest BCUT2D eigenvalue weighted by atomic mass is 9.92. The van der Waals surface area contributed by atoms with E-state index in [-0.39, 0.29) is 0 Å². The molecule has 0 N–H and O–H groups in total. The van der Waals surface area contributed by atoms with E-state index in [1.165, 1.54) is 96.3 Å². The van der Waals surface area contributed by atoms with Crippen molar-refractivity contribution in [3.05, 3.63) is 212 Å². The van der Waals surface area contributed by atoms with Gasteiger partial charge in [-0.05, 0) is 137 Å². The quantitative estimate of drug-likeness (QED) is 0.158. The number of hydrogen-bond acceptors (Lipinski definition) is 2. The van der Waals surface area contributed by atoms with Gasteiger partial charge in [-0.1, -0.05) is 152 Å². The summed E-state index contributed by atoms with van der Waals surface area (Å²) in [5, 5.41) is 15.3. The molecule has 0 aliphatic carbocycles. The van der Waals surface area contributed by atoms with Gasteiger partial charge in [0.2, 0.25) is 0 Å². The highest BCUT2D eigenvalue weighted by Gasteiger charge is 2.19. The lowest BCUT2D eigenvalue weighted by Gasteiger charge is -2.26. The van der Waals surface area contributed by atoms with E-state index in [9.17, 15) is 0 Å². The maximum absolute atomic E-state index is 2.43. The third-order valence-corrected chi connectivity index (χ3v) is 13.2. The van der Waals surface area contributed by atoms with Crippen molar-refractivity contribution in [1.29, 1.82) is 0 Å². The molecule has 0 aliphatic rings. The Balaban J connectivity index is 1.05. The molecule has 58 heavy (non-hydrogen) atoms. The molecule has 12 rings (SSSR count). The number of nitrogens with zero attached hydrogens (tertiary/aromatic N) is 1. The van der Waals surface area contributed by atoms with Crippen LogP contribution in [0, 0.1) is 0 Å². The Morgan fingerprint density at radius 3 is 1.71 bits per heavy atom. The smallest absolute Gasteiger partial charge is 0.0468 e. The number of hydrogen-bond donors (Lipinski definition) is 0. The third kappa shape index (κ3) is 5.30. The second-order valence-electron chi connectivity index (χ2n) is 15.3. The summed E-state index contributed by atoms with van der Waals surface area (Å²) in [5.74, 6) is 0. The number of fused-ring (bicyclic) bond motifs is 11. The second-order valence-corrected chi connectivity index (χ2v) is 16.3. The highest BCUT2D eigenvalue weighted by molar-refractivity contribution is 7.26. The molecule has 0 atom stereocenters. The molecule has 0 radical (unpaired) electrons. The first-order valence-corrected chi connectivity index (χ1v) is 20.7. The van der Waals surface area contributed by atoms with Crippen LogP contribution in [0.5, 0.6) is 0 Å². The summed E-state index contributed by atoms with van der Waals surface area (Å²) >= 11 is 1.90. The van der Waals surface area contributed by atoms with Crippen LogP contribution < -0.4 is 4.90 Å². The SMILES string of the molecule is c1ccc(N(c2ccc(-c3ccc4ccccc4c3)cc2)c2ccc3sc4c5ccccc5cc(-c5ccc6ccc7c8ccccc8ccc7c6c5)c4c3c2)cc1. The lowest BCUT2D eigenvalue weighted by Crippen LogP contribution is -2.09. The molecule has 1 nitrogen and oxygen atoms in total. The monoisotopic (exact) mass is 753 g/mol. The summed E-state index contributed by atoms with van der Waals surface area (Å²) < 4.78 is 2.61. The minimum Gasteiger partial charge on any atom is -0.310 e. The average molecular weight is 754 g/mol. The first-order chi connectivity index (χ1) is 28.7. The van der Waals surface area contributed by atoms with E-state index >= 15 is 0 Å². The predicted octanol–water partition coefficient (Wildman–Crippen LogP) is 16.6. The summed E-state index contributed by atoms with van der Waals surface area (Å²) in [5.41, 5.74) is 8.30. The molecule has 2 heteroatoms. The van der Waals surface area contributed by atoms with Gasteiger partial charge in [-0.2, -0.15) is 0 Å². The molecule has 0 saturated carbocycles. The lowest BCUT2D eigenvalue weighted by molar-refractivity contribution is 1.29. The summed E-state index contributed by atoms with van der Waals surface area (Å²) in [6.07, 6.45) is 0. The number of benzene rings is 11. The fraction of sp³-hybridized carbons (Fsp3) is 0. The normalized spacial score (nSPS) is 11.8. The Labute approximate surface area is 340 Å². The van der Waals surface area contributed by atoms with Crippen LogP contribution in [-0.2, 0) is 0 Å². The van der Waals surface area contributed by atoms with Crippen LogP contribution in [0.4, 0.5) is 17.1 Å². The standard InChI is InChI=1S/C56H35NS/c1-2-14-44(15-3-1)57(45-26-22-37(23-27-45)41-20-18-36-10-4-5-12-40(36)32-41)46-28-31-54-53(35-46)55-52(34-42-13-7-9-17-48(42)56(55)58-54)43-21-19-39-25-29-49-47-16-8-6-11-38(47)24-30-50(49)51(39)33-43/h1-35H. The minimum atomic E-state index is 1.12. The molecule has 0 fully saturated rings. The van der Waals surface area contributed by atoms with Gasteiger partial charge in [0.05, 0.1) is 0 Å². The van der Waals surface area contributed by atoms with Crippen molar-refractivity contribution in [2.45, 2.75) is 0 Å². The van der Waals surface area contributed by atoms with Crippen molar-refractivity contribution in [1.82, 2.24) is 0 Å². The van der Waals surface area contributed by atoms with Crippen molar-refractivity contribution in [2.75, 3.05) is 4.90 Å². The van der Waals surface area contributed by atoms with E-state index in [0.29, 0.717) is 0 Å². The van der Waals surface area contributed by atoms with Crippen LogP contribution in [0.2, 0.25) is 0 Å². The summed E-state index contributed by atoms with van der Waals surface area (Å²) in [4.78, 5) is 2.39. The van der Waals surface area contributed by atoms with Gasteiger partial charge in [-0.3, -0.25) is 0 Å². The third-order valence-electron chi connectivity index (χ3n) is 12.0. The maximum atomic E-state index is 2.43. The molecule has 0 unspecified atom stereocenters. The van der Waals surface area contributed by atoms with Gasteiger partial charge < -0.3 is 4.90 Å². The van der Waals surface area contributed by atoms with Crippen LogP contribution in [-0.4, -0.2) is 0 Å². The molecule has 270 valence electrons. The van der Waals surface area contributed by atoms with Crippen LogP contribution >= 0.6 is 11.3 Å². The predicted molar refractivity (Wildman–Crippen MR) is 252 cm³/mol. The van der Waals surface area contributed by atoms with Crippen molar-refractivity contribution >= 4 is 102 Å². The summed E-state index contributed by atoms with van der Waals surface area (Å²) in [6.45, 7) is 0. The van der Waals surface area contributed by atoms with Crippen molar-refractivity contribution in [3.8, 4) is 22.3 Å². The number of rotatable bonds is 5. The summed E-state index contributed by atoms with van der Waals surface area (Å²) in [6, 6.07) is 78.3. The Kier molecular flexibility index (Phi) is 7.47. The van der Waals surface area contributed by atoms with Gasteiger partial charge in [0.25, 0.3) is 0 Å². The van der Waals surface area contributed by atoms with Crippen LogP contribution in [0.3, 0.4) is 0 Å². The van der Waals surface area contributed by atoms with Crippen molar-refractivity contribution < 1.29 is 0 Å². The first-order valence-electron chi connectivity index (χ1n) is 19.9. The molecule has 1 aromatic heterocycles. The maximum Gasteiger partial charge on any atom is 0.0468 e. The molecule has 11 aromatic carbocycles. The van der Waals surface area contributed by atoms with Crippen LogP contribution in [0.25, 0.3) is 96.3 Å². The van der Waals surface area contributed by atoms with E-state index in [1.54, 1.807) is 0 Å². The van der Waals surface area contributed by atoms with Gasteiger partial charge in [0.1, 0.15) is 0 Å². The highest BCUT2D eigenvalue weighted by atomic mass is 32.1. The largest absolute Gasteiger partial charge is 0.310 e. The summed E-state index contributed by atoms with van der Waals surface area (Å²) in [7, 11) is 0. The molecule has 0 aliphatic heterocycles. The Bertz CT molecular complexity index is 3560. The highest BCUT2D eigenvalue weighted by Crippen LogP contribution is 2.47. The van der Waals surface area contributed by atoms with E-state index in [0.717, 1.165) is 17.1 Å². The fourth-order valence-corrected chi connectivity index (χ4v) is 10.4. The zero-order valence-corrected chi connectivity index (χ0v) is 32.4. The minimum absolute atomic E-state index is 1.12. The van der Waals surface area contributed by atoms with Gasteiger partial charge in [-0.25, -0.2) is 0 Å². The molecule has 0 saturated heterocycles. The zero-order chi connectivity index (χ0) is 38.2. The van der Waals surface area contributed by atoms with E-state index in [4.69, 9.17) is 0 Å². The van der Waals surface area contributed by atoms with Crippen molar-refractivity contribution in [2.24, 2.45) is 0 Å². The van der Waals surface area contributed by atoms with Crippen LogP contribution in [0.1, 0.15) is 0 Å².